The van der Waals surface area contributed by atoms with Gasteiger partial charge in [0.1, 0.15) is 6.61 Å². The number of aromatic amines is 1. The largest absolute Gasteiger partial charge is 0.388 e. The molecule has 1 aromatic heterocycles. The topological polar surface area (TPSA) is 53.8 Å². The third kappa shape index (κ3) is 2.13. The normalized spacial score (nSPS) is 19.6. The van der Waals surface area contributed by atoms with Gasteiger partial charge in [0.05, 0.1) is 0 Å². The van der Waals surface area contributed by atoms with Crippen LogP contribution in [0.2, 0.25) is 0 Å². The Kier molecular flexibility index (Phi) is 2.93. The Balaban J connectivity index is 2.22. The quantitative estimate of drug-likeness (QED) is 0.777. The van der Waals surface area contributed by atoms with Crippen LogP contribution < -0.4 is 0 Å². The van der Waals surface area contributed by atoms with Crippen LogP contribution in [-0.2, 0) is 13.2 Å². The summed E-state index contributed by atoms with van der Waals surface area (Å²) in [5.74, 6) is 0.646. The fraction of sp³-hybridized carbons (Fsp3) is 0.800. The van der Waals surface area contributed by atoms with Gasteiger partial charge in [-0.15, -0.1) is 0 Å². The van der Waals surface area contributed by atoms with E-state index < -0.39 is 0 Å². The van der Waals surface area contributed by atoms with Crippen LogP contribution in [0.25, 0.3) is 0 Å². The number of hydrogen-bond donors (Lipinski definition) is 2. The van der Waals surface area contributed by atoms with Crippen molar-refractivity contribution in [3.05, 3.63) is 10.6 Å². The van der Waals surface area contributed by atoms with E-state index in [1.54, 1.807) is 0 Å². The number of hydrogen-bond acceptors (Lipinski definition) is 3. The van der Waals surface area contributed by atoms with Crippen LogP contribution in [0.15, 0.2) is 0 Å². The van der Waals surface area contributed by atoms with Crippen molar-refractivity contribution in [2.75, 3.05) is 0 Å². The monoisotopic (exact) mass is 227 g/mol. The summed E-state index contributed by atoms with van der Waals surface area (Å²) >= 11 is 5.16. The fourth-order valence-electron chi connectivity index (χ4n) is 2.40. The van der Waals surface area contributed by atoms with Crippen LogP contribution in [0.4, 0.5) is 0 Å². The second kappa shape index (κ2) is 4.06. The van der Waals surface area contributed by atoms with Gasteiger partial charge in [-0.05, 0) is 30.5 Å². The lowest BCUT2D eigenvalue weighted by molar-refractivity contribution is 0.239. The van der Waals surface area contributed by atoms with E-state index in [0.717, 1.165) is 6.54 Å². The van der Waals surface area contributed by atoms with Crippen molar-refractivity contribution in [3.63, 3.8) is 0 Å². The smallest absolute Gasteiger partial charge is 0.195 e. The van der Waals surface area contributed by atoms with E-state index in [1.165, 1.54) is 25.7 Å². The van der Waals surface area contributed by atoms with Crippen LogP contribution in [0, 0.1) is 10.2 Å². The van der Waals surface area contributed by atoms with Crippen molar-refractivity contribution in [1.29, 1.82) is 0 Å². The standard InChI is InChI=1S/C10H17N3OS/c1-10(4-2-3-5-10)7-13-8(6-14)11-12-9(13)15/h14H,2-7H2,1H3,(H,12,15). The predicted octanol–water partition coefficient (Wildman–Crippen LogP) is 2.01. The number of rotatable bonds is 3. The van der Waals surface area contributed by atoms with Gasteiger partial charge >= 0.3 is 0 Å². The highest BCUT2D eigenvalue weighted by Crippen LogP contribution is 2.39. The maximum Gasteiger partial charge on any atom is 0.195 e. The van der Waals surface area contributed by atoms with E-state index in [4.69, 9.17) is 17.3 Å². The zero-order chi connectivity index (χ0) is 10.9. The summed E-state index contributed by atoms with van der Waals surface area (Å²) in [5, 5.41) is 15.9. The number of aromatic nitrogens is 3. The molecule has 1 aliphatic rings. The highest BCUT2D eigenvalue weighted by molar-refractivity contribution is 7.71. The summed E-state index contributed by atoms with van der Waals surface area (Å²) in [6.07, 6.45) is 5.09. The predicted molar refractivity (Wildman–Crippen MR) is 59.9 cm³/mol. The van der Waals surface area contributed by atoms with E-state index in [9.17, 15) is 0 Å². The van der Waals surface area contributed by atoms with Gasteiger partial charge in [-0.2, -0.15) is 5.10 Å². The lowest BCUT2D eigenvalue weighted by Crippen LogP contribution is -2.21. The molecule has 0 atom stereocenters. The van der Waals surface area contributed by atoms with Crippen LogP contribution in [0.3, 0.4) is 0 Å². The first kappa shape index (κ1) is 10.8. The molecule has 84 valence electrons. The van der Waals surface area contributed by atoms with E-state index >= 15 is 0 Å². The number of aliphatic hydroxyl groups is 1. The van der Waals surface area contributed by atoms with Crippen LogP contribution in [0.5, 0.6) is 0 Å². The highest BCUT2D eigenvalue weighted by Gasteiger charge is 2.29. The molecule has 0 radical (unpaired) electrons. The minimum absolute atomic E-state index is 0.0524. The molecule has 0 aromatic carbocycles. The molecule has 1 heterocycles. The number of nitrogens with one attached hydrogen (secondary N) is 1. The Hall–Kier alpha value is -0.680. The molecule has 1 aromatic rings. The zero-order valence-corrected chi connectivity index (χ0v) is 9.81. The van der Waals surface area contributed by atoms with Gasteiger partial charge in [-0.1, -0.05) is 19.8 Å². The van der Waals surface area contributed by atoms with Crippen LogP contribution in [-0.4, -0.2) is 19.9 Å². The van der Waals surface area contributed by atoms with Gasteiger partial charge < -0.3 is 9.67 Å². The van der Waals surface area contributed by atoms with E-state index in [0.29, 0.717) is 16.0 Å². The van der Waals surface area contributed by atoms with Crippen molar-refractivity contribution < 1.29 is 5.11 Å². The maximum absolute atomic E-state index is 9.14. The summed E-state index contributed by atoms with van der Waals surface area (Å²) in [7, 11) is 0. The molecule has 0 spiro atoms. The third-order valence-corrected chi connectivity index (χ3v) is 3.64. The Morgan fingerprint density at radius 3 is 2.80 bits per heavy atom. The molecule has 1 aliphatic carbocycles. The van der Waals surface area contributed by atoms with Crippen LogP contribution >= 0.6 is 12.2 Å². The minimum atomic E-state index is -0.0524. The van der Waals surface area contributed by atoms with E-state index in [1.807, 2.05) is 4.57 Å². The Bertz CT molecular complexity index is 390. The molecule has 1 fully saturated rings. The van der Waals surface area contributed by atoms with Crippen LogP contribution in [0.1, 0.15) is 38.4 Å². The zero-order valence-electron chi connectivity index (χ0n) is 8.99. The molecule has 0 saturated heterocycles. The van der Waals surface area contributed by atoms with Gasteiger partial charge in [0.2, 0.25) is 0 Å². The van der Waals surface area contributed by atoms with Crippen molar-refractivity contribution in [1.82, 2.24) is 14.8 Å². The first-order chi connectivity index (χ1) is 7.14. The third-order valence-electron chi connectivity index (χ3n) is 3.33. The molecule has 0 aliphatic heterocycles. The molecular weight excluding hydrogens is 210 g/mol. The lowest BCUT2D eigenvalue weighted by atomic mass is 9.89. The van der Waals surface area contributed by atoms with E-state index in [2.05, 4.69) is 17.1 Å². The molecule has 0 unspecified atom stereocenters. The Morgan fingerprint density at radius 1 is 1.53 bits per heavy atom. The lowest BCUT2D eigenvalue weighted by Gasteiger charge is -2.24. The van der Waals surface area contributed by atoms with Crippen molar-refractivity contribution in [2.24, 2.45) is 5.41 Å². The highest BCUT2D eigenvalue weighted by atomic mass is 32.1. The SMILES string of the molecule is CC1(Cn2c(CO)n[nH]c2=S)CCCC1. The summed E-state index contributed by atoms with van der Waals surface area (Å²) in [6, 6.07) is 0. The summed E-state index contributed by atoms with van der Waals surface area (Å²) in [6.45, 7) is 3.11. The number of aliphatic hydroxyl groups excluding tert-OH is 1. The molecule has 4 nitrogen and oxygen atoms in total. The average Bonchev–Trinajstić information content (AvgIpc) is 2.76. The first-order valence-corrected chi connectivity index (χ1v) is 5.80. The van der Waals surface area contributed by atoms with Crippen molar-refractivity contribution in [3.8, 4) is 0 Å². The summed E-state index contributed by atoms with van der Waals surface area (Å²) in [5.41, 5.74) is 0.325. The number of H-pyrrole nitrogens is 1. The molecule has 1 saturated carbocycles. The number of nitrogens with zero attached hydrogens (tertiary/aromatic N) is 2. The molecule has 2 rings (SSSR count). The van der Waals surface area contributed by atoms with Gasteiger partial charge in [-0.25, -0.2) is 0 Å². The molecule has 2 N–H and O–H groups in total. The van der Waals surface area contributed by atoms with Gasteiger partial charge in [0.25, 0.3) is 0 Å². The Labute approximate surface area is 94.3 Å². The average molecular weight is 227 g/mol. The first-order valence-electron chi connectivity index (χ1n) is 5.40. The summed E-state index contributed by atoms with van der Waals surface area (Å²) in [4.78, 5) is 0. The van der Waals surface area contributed by atoms with Crippen molar-refractivity contribution in [2.45, 2.75) is 45.8 Å². The molecule has 15 heavy (non-hydrogen) atoms. The van der Waals surface area contributed by atoms with E-state index in [-0.39, 0.29) is 6.61 Å². The molecule has 0 bridgehead atoms. The summed E-state index contributed by atoms with van der Waals surface area (Å²) < 4.78 is 2.55. The molecule has 0 amide bonds. The fourth-order valence-corrected chi connectivity index (χ4v) is 2.62. The maximum atomic E-state index is 9.14. The second-order valence-corrected chi connectivity index (χ2v) is 5.09. The van der Waals surface area contributed by atoms with Gasteiger partial charge in [0, 0.05) is 6.54 Å². The van der Waals surface area contributed by atoms with Crippen molar-refractivity contribution >= 4 is 12.2 Å². The van der Waals surface area contributed by atoms with Gasteiger partial charge in [-0.3, -0.25) is 5.10 Å². The Morgan fingerprint density at radius 2 is 2.20 bits per heavy atom. The molecule has 5 heteroatoms. The minimum Gasteiger partial charge on any atom is -0.388 e. The van der Waals surface area contributed by atoms with Gasteiger partial charge in [0.15, 0.2) is 10.6 Å². The molecular formula is C10H17N3OS. The second-order valence-electron chi connectivity index (χ2n) is 4.71.